The Morgan fingerprint density at radius 2 is 1.92 bits per heavy atom. The minimum atomic E-state index is 0.0947. The first kappa shape index (κ1) is 17.0. The summed E-state index contributed by atoms with van der Waals surface area (Å²) in [7, 11) is 0. The van der Waals surface area contributed by atoms with Gasteiger partial charge in [-0.1, -0.05) is 19.3 Å². The van der Waals surface area contributed by atoms with E-state index in [9.17, 15) is 4.79 Å². The number of ether oxygens (including phenoxy) is 1. The maximum atomic E-state index is 13.1. The molecule has 138 valence electrons. The van der Waals surface area contributed by atoms with Gasteiger partial charge in [0.2, 0.25) is 0 Å². The van der Waals surface area contributed by atoms with Crippen LogP contribution in [0.3, 0.4) is 0 Å². The molecule has 0 atom stereocenters. The zero-order valence-corrected chi connectivity index (χ0v) is 15.4. The zero-order chi connectivity index (χ0) is 17.2. The smallest absolute Gasteiger partial charge is 0.274 e. The Bertz CT molecular complexity index is 613. The molecule has 2 fully saturated rings. The highest BCUT2D eigenvalue weighted by molar-refractivity contribution is 5.94. The molecule has 6 heteroatoms. The van der Waals surface area contributed by atoms with Crippen LogP contribution in [0.5, 0.6) is 0 Å². The lowest BCUT2D eigenvalue weighted by molar-refractivity contribution is 0.0511. The molecule has 2 aliphatic heterocycles. The summed E-state index contributed by atoms with van der Waals surface area (Å²) in [6.45, 7) is 7.80. The molecule has 0 N–H and O–H groups in total. The summed E-state index contributed by atoms with van der Waals surface area (Å²) in [5.74, 6) is 0.0947. The average molecular weight is 346 g/mol. The predicted octanol–water partition coefficient (Wildman–Crippen LogP) is 2.07. The predicted molar refractivity (Wildman–Crippen MR) is 95.6 cm³/mol. The first-order chi connectivity index (χ1) is 12.3. The summed E-state index contributed by atoms with van der Waals surface area (Å²) < 4.78 is 7.59. The fourth-order valence-electron chi connectivity index (χ4n) is 4.63. The highest BCUT2D eigenvalue weighted by Gasteiger charge is 2.31. The van der Waals surface area contributed by atoms with E-state index in [1.54, 1.807) is 0 Å². The molecule has 0 aromatic carbocycles. The van der Waals surface area contributed by atoms with Gasteiger partial charge in [0.25, 0.3) is 5.91 Å². The first-order valence-corrected chi connectivity index (χ1v) is 9.97. The van der Waals surface area contributed by atoms with Gasteiger partial charge in [-0.25, -0.2) is 0 Å². The summed E-state index contributed by atoms with van der Waals surface area (Å²) in [6.07, 6.45) is 7.65. The number of aryl methyl sites for hydroxylation is 1. The number of carbonyl (C=O) groups is 1. The van der Waals surface area contributed by atoms with E-state index in [4.69, 9.17) is 4.74 Å². The van der Waals surface area contributed by atoms with Gasteiger partial charge in [0.1, 0.15) is 0 Å². The number of hydrogen-bond donors (Lipinski definition) is 0. The van der Waals surface area contributed by atoms with Crippen LogP contribution in [-0.2, 0) is 24.3 Å². The molecule has 25 heavy (non-hydrogen) atoms. The van der Waals surface area contributed by atoms with Gasteiger partial charge in [0.05, 0.1) is 13.2 Å². The van der Waals surface area contributed by atoms with Gasteiger partial charge in [-0.2, -0.15) is 5.10 Å². The van der Waals surface area contributed by atoms with Crippen molar-refractivity contribution in [2.45, 2.75) is 64.6 Å². The molecule has 1 aromatic heterocycles. The van der Waals surface area contributed by atoms with E-state index in [0.29, 0.717) is 12.3 Å². The third-order valence-corrected chi connectivity index (χ3v) is 6.09. The number of fused-ring (bicyclic) bond motifs is 1. The molecule has 1 saturated carbocycles. The third kappa shape index (κ3) is 3.34. The summed E-state index contributed by atoms with van der Waals surface area (Å²) in [6, 6.07) is 0.742. The SMILES string of the molecule is CCn1nc(C(=O)N2CCN(C3CCCCC3)CC2)c2c1CCOC2. The number of amides is 1. The maximum absolute atomic E-state index is 13.1. The molecular weight excluding hydrogens is 316 g/mol. The molecule has 4 rings (SSSR count). The van der Waals surface area contributed by atoms with E-state index in [0.717, 1.165) is 57.4 Å². The molecule has 0 spiro atoms. The van der Waals surface area contributed by atoms with Crippen LogP contribution in [0.4, 0.5) is 0 Å². The molecular formula is C19H30N4O2. The number of carbonyl (C=O) groups excluding carboxylic acids is 1. The van der Waals surface area contributed by atoms with Gasteiger partial charge in [-0.3, -0.25) is 14.4 Å². The van der Waals surface area contributed by atoms with Crippen molar-refractivity contribution in [1.82, 2.24) is 19.6 Å². The Balaban J connectivity index is 1.43. The molecule has 1 aromatic rings. The number of rotatable bonds is 3. The topological polar surface area (TPSA) is 50.6 Å². The van der Waals surface area contributed by atoms with Crippen LogP contribution in [0.25, 0.3) is 0 Å². The minimum Gasteiger partial charge on any atom is -0.376 e. The van der Waals surface area contributed by atoms with Crippen molar-refractivity contribution in [1.29, 1.82) is 0 Å². The van der Waals surface area contributed by atoms with Crippen molar-refractivity contribution in [3.63, 3.8) is 0 Å². The molecule has 0 radical (unpaired) electrons. The van der Waals surface area contributed by atoms with Crippen molar-refractivity contribution in [3.05, 3.63) is 17.0 Å². The molecule has 1 saturated heterocycles. The van der Waals surface area contributed by atoms with Gasteiger partial charge >= 0.3 is 0 Å². The van der Waals surface area contributed by atoms with Crippen molar-refractivity contribution in [2.24, 2.45) is 0 Å². The van der Waals surface area contributed by atoms with E-state index >= 15 is 0 Å². The first-order valence-electron chi connectivity index (χ1n) is 9.97. The second kappa shape index (κ2) is 7.46. The van der Waals surface area contributed by atoms with E-state index in [2.05, 4.69) is 16.9 Å². The number of piperazine rings is 1. The lowest BCUT2D eigenvalue weighted by Gasteiger charge is -2.40. The average Bonchev–Trinajstić information content (AvgIpc) is 3.07. The second-order valence-corrected chi connectivity index (χ2v) is 7.51. The van der Waals surface area contributed by atoms with Crippen molar-refractivity contribution < 1.29 is 9.53 Å². The normalized spacial score (nSPS) is 22.8. The monoisotopic (exact) mass is 346 g/mol. The Morgan fingerprint density at radius 3 is 2.64 bits per heavy atom. The third-order valence-electron chi connectivity index (χ3n) is 6.09. The molecule has 0 unspecified atom stereocenters. The summed E-state index contributed by atoms with van der Waals surface area (Å²) in [5, 5.41) is 4.63. The maximum Gasteiger partial charge on any atom is 0.274 e. The fraction of sp³-hybridized carbons (Fsp3) is 0.789. The van der Waals surface area contributed by atoms with Crippen LogP contribution in [0.15, 0.2) is 0 Å². The Labute approximate surface area is 150 Å². The number of hydrogen-bond acceptors (Lipinski definition) is 4. The van der Waals surface area contributed by atoms with Crippen molar-refractivity contribution in [3.8, 4) is 0 Å². The largest absolute Gasteiger partial charge is 0.376 e. The van der Waals surface area contributed by atoms with E-state index in [1.165, 1.54) is 37.8 Å². The van der Waals surface area contributed by atoms with Crippen molar-refractivity contribution >= 4 is 5.91 Å². The molecule has 3 heterocycles. The van der Waals surface area contributed by atoms with Crippen LogP contribution in [0.2, 0.25) is 0 Å². The molecule has 0 bridgehead atoms. The van der Waals surface area contributed by atoms with E-state index < -0.39 is 0 Å². The Hall–Kier alpha value is -1.40. The van der Waals surface area contributed by atoms with Crippen LogP contribution in [-0.4, -0.2) is 64.3 Å². The Morgan fingerprint density at radius 1 is 1.16 bits per heavy atom. The van der Waals surface area contributed by atoms with Gasteiger partial charge in [-0.05, 0) is 19.8 Å². The van der Waals surface area contributed by atoms with E-state index in [-0.39, 0.29) is 5.91 Å². The van der Waals surface area contributed by atoms with Gasteiger partial charge < -0.3 is 9.64 Å². The van der Waals surface area contributed by atoms with Gasteiger partial charge in [0.15, 0.2) is 5.69 Å². The number of nitrogens with zero attached hydrogens (tertiary/aromatic N) is 4. The summed E-state index contributed by atoms with van der Waals surface area (Å²) in [5.41, 5.74) is 2.84. The van der Waals surface area contributed by atoms with Crippen LogP contribution < -0.4 is 0 Å². The number of aromatic nitrogens is 2. The molecule has 3 aliphatic rings. The van der Waals surface area contributed by atoms with Crippen LogP contribution in [0, 0.1) is 0 Å². The van der Waals surface area contributed by atoms with E-state index in [1.807, 2.05) is 9.58 Å². The second-order valence-electron chi connectivity index (χ2n) is 7.51. The molecule has 6 nitrogen and oxygen atoms in total. The lowest BCUT2D eigenvalue weighted by Crippen LogP contribution is -2.52. The molecule has 1 amide bonds. The minimum absolute atomic E-state index is 0.0947. The van der Waals surface area contributed by atoms with Gasteiger partial charge in [0, 0.05) is 56.4 Å². The highest BCUT2D eigenvalue weighted by Crippen LogP contribution is 2.25. The van der Waals surface area contributed by atoms with Gasteiger partial charge in [-0.15, -0.1) is 0 Å². The summed E-state index contributed by atoms with van der Waals surface area (Å²) >= 11 is 0. The fourth-order valence-corrected chi connectivity index (χ4v) is 4.63. The standard InChI is InChI=1S/C19H30N4O2/c1-2-23-17-8-13-25-14-16(17)18(20-23)19(24)22-11-9-21(10-12-22)15-6-4-3-5-7-15/h15H,2-14H2,1H3. The van der Waals surface area contributed by atoms with Crippen LogP contribution in [0.1, 0.15) is 60.8 Å². The van der Waals surface area contributed by atoms with Crippen LogP contribution >= 0.6 is 0 Å². The van der Waals surface area contributed by atoms with Crippen molar-refractivity contribution in [2.75, 3.05) is 32.8 Å². The lowest BCUT2D eigenvalue weighted by atomic mass is 9.94. The Kier molecular flexibility index (Phi) is 5.08. The zero-order valence-electron chi connectivity index (χ0n) is 15.4. The highest BCUT2D eigenvalue weighted by atomic mass is 16.5. The summed E-state index contributed by atoms with van der Waals surface area (Å²) in [4.78, 5) is 17.7. The molecule has 1 aliphatic carbocycles. The quantitative estimate of drug-likeness (QED) is 0.841.